The summed E-state index contributed by atoms with van der Waals surface area (Å²) in [6, 6.07) is 23.7. The van der Waals surface area contributed by atoms with Crippen LogP contribution in [0.15, 0.2) is 82.1 Å². The Labute approximate surface area is 157 Å². The molecule has 3 aromatic carbocycles. The predicted molar refractivity (Wildman–Crippen MR) is 108 cm³/mol. The van der Waals surface area contributed by atoms with Gasteiger partial charge in [0.05, 0.1) is 28.5 Å². The van der Waals surface area contributed by atoms with E-state index in [2.05, 4.69) is 15.9 Å². The van der Waals surface area contributed by atoms with E-state index < -0.39 is 0 Å². The number of benzene rings is 3. The van der Waals surface area contributed by atoms with Crippen molar-refractivity contribution >= 4 is 43.5 Å². The fourth-order valence-electron chi connectivity index (χ4n) is 3.49. The maximum atomic E-state index is 13.4. The van der Waals surface area contributed by atoms with E-state index in [0.717, 1.165) is 32.0 Å². The van der Waals surface area contributed by atoms with Crippen molar-refractivity contribution in [2.75, 3.05) is 0 Å². The standard InChI is InChI=1S/C21H14BrN3O/c22-15-9-6-12-18-19(15)20-23-16-10-4-5-11-17(16)25(20)21(26)24(18)13-14-7-2-1-3-8-14/h1-12H,13H2. The maximum Gasteiger partial charge on any atom is 0.335 e. The summed E-state index contributed by atoms with van der Waals surface area (Å²) < 4.78 is 4.46. The summed E-state index contributed by atoms with van der Waals surface area (Å²) >= 11 is 3.65. The molecule has 5 rings (SSSR count). The second kappa shape index (κ2) is 5.81. The van der Waals surface area contributed by atoms with Crippen LogP contribution in [0.5, 0.6) is 0 Å². The highest BCUT2D eigenvalue weighted by atomic mass is 79.9. The number of rotatable bonds is 2. The van der Waals surface area contributed by atoms with Gasteiger partial charge in [-0.3, -0.25) is 4.57 Å². The molecule has 0 bridgehead atoms. The van der Waals surface area contributed by atoms with Crippen LogP contribution in [-0.2, 0) is 6.54 Å². The highest BCUT2D eigenvalue weighted by molar-refractivity contribution is 9.10. The van der Waals surface area contributed by atoms with E-state index in [-0.39, 0.29) is 5.69 Å². The quantitative estimate of drug-likeness (QED) is 0.431. The monoisotopic (exact) mass is 403 g/mol. The van der Waals surface area contributed by atoms with Gasteiger partial charge >= 0.3 is 5.69 Å². The highest BCUT2D eigenvalue weighted by Crippen LogP contribution is 2.29. The van der Waals surface area contributed by atoms with Gasteiger partial charge in [0.1, 0.15) is 0 Å². The molecule has 0 radical (unpaired) electrons. The van der Waals surface area contributed by atoms with E-state index in [4.69, 9.17) is 4.98 Å². The Morgan fingerprint density at radius 2 is 1.58 bits per heavy atom. The van der Waals surface area contributed by atoms with Crippen molar-refractivity contribution in [3.63, 3.8) is 0 Å². The van der Waals surface area contributed by atoms with Crippen LogP contribution in [-0.4, -0.2) is 14.0 Å². The van der Waals surface area contributed by atoms with Crippen LogP contribution in [0, 0.1) is 0 Å². The van der Waals surface area contributed by atoms with Gasteiger partial charge in [0.25, 0.3) is 0 Å². The minimum atomic E-state index is -0.0804. The maximum absolute atomic E-state index is 13.4. The molecule has 0 saturated heterocycles. The van der Waals surface area contributed by atoms with Crippen molar-refractivity contribution in [1.29, 1.82) is 0 Å². The Hall–Kier alpha value is -2.92. The fourth-order valence-corrected chi connectivity index (χ4v) is 4.02. The van der Waals surface area contributed by atoms with E-state index in [0.29, 0.717) is 12.2 Å². The SMILES string of the molecule is O=c1n(Cc2ccccc2)c2cccc(Br)c2c2nc3ccccc3n12. The highest BCUT2D eigenvalue weighted by Gasteiger charge is 2.17. The summed E-state index contributed by atoms with van der Waals surface area (Å²) in [6.07, 6.45) is 0. The van der Waals surface area contributed by atoms with Gasteiger partial charge in [-0.05, 0) is 45.8 Å². The lowest BCUT2D eigenvalue weighted by atomic mass is 10.2. The largest absolute Gasteiger partial charge is 0.335 e. The molecule has 4 nitrogen and oxygen atoms in total. The van der Waals surface area contributed by atoms with Gasteiger partial charge in [-0.1, -0.05) is 48.5 Å². The molecule has 0 amide bonds. The predicted octanol–water partition coefficient (Wildman–Crippen LogP) is 4.61. The molecule has 26 heavy (non-hydrogen) atoms. The summed E-state index contributed by atoms with van der Waals surface area (Å²) in [4.78, 5) is 18.1. The first-order valence-corrected chi connectivity index (χ1v) is 9.15. The van der Waals surface area contributed by atoms with Crippen LogP contribution >= 0.6 is 15.9 Å². The molecule has 0 aliphatic carbocycles. The molecular formula is C21H14BrN3O. The molecule has 0 aliphatic rings. The van der Waals surface area contributed by atoms with Crippen molar-refractivity contribution in [2.24, 2.45) is 0 Å². The van der Waals surface area contributed by atoms with Crippen molar-refractivity contribution < 1.29 is 0 Å². The minimum Gasteiger partial charge on any atom is -0.288 e. The lowest BCUT2D eigenvalue weighted by molar-refractivity contribution is 0.752. The van der Waals surface area contributed by atoms with E-state index in [9.17, 15) is 4.79 Å². The molecule has 0 N–H and O–H groups in total. The van der Waals surface area contributed by atoms with Gasteiger partial charge in [0.2, 0.25) is 0 Å². The molecule has 0 atom stereocenters. The third-order valence-electron chi connectivity index (χ3n) is 4.67. The number of aromatic nitrogens is 3. The number of halogens is 1. The van der Waals surface area contributed by atoms with Crippen LogP contribution < -0.4 is 5.69 Å². The third-order valence-corrected chi connectivity index (χ3v) is 5.33. The number of imidazole rings is 1. The van der Waals surface area contributed by atoms with Crippen molar-refractivity contribution in [3.05, 3.63) is 93.3 Å². The van der Waals surface area contributed by atoms with Crippen LogP contribution in [0.4, 0.5) is 0 Å². The van der Waals surface area contributed by atoms with Crippen LogP contribution in [0.3, 0.4) is 0 Å². The van der Waals surface area contributed by atoms with Gasteiger partial charge in [-0.2, -0.15) is 0 Å². The number of hydrogen-bond acceptors (Lipinski definition) is 2. The Balaban J connectivity index is 1.97. The Morgan fingerprint density at radius 3 is 2.42 bits per heavy atom. The number of hydrogen-bond donors (Lipinski definition) is 0. The van der Waals surface area contributed by atoms with Gasteiger partial charge in [-0.15, -0.1) is 0 Å². The van der Waals surface area contributed by atoms with Gasteiger partial charge in [0, 0.05) is 4.47 Å². The van der Waals surface area contributed by atoms with Gasteiger partial charge in [0.15, 0.2) is 5.65 Å². The van der Waals surface area contributed by atoms with Gasteiger partial charge < -0.3 is 0 Å². The summed E-state index contributed by atoms with van der Waals surface area (Å²) in [5.74, 6) is 0. The van der Waals surface area contributed by atoms with E-state index in [1.807, 2.05) is 77.4 Å². The Morgan fingerprint density at radius 1 is 0.846 bits per heavy atom. The zero-order chi connectivity index (χ0) is 17.7. The average molecular weight is 404 g/mol. The normalized spacial score (nSPS) is 11.6. The molecule has 5 heteroatoms. The molecular weight excluding hydrogens is 390 g/mol. The molecule has 2 aromatic heterocycles. The summed E-state index contributed by atoms with van der Waals surface area (Å²) in [5, 5.41) is 0.944. The smallest absolute Gasteiger partial charge is 0.288 e. The zero-order valence-corrected chi connectivity index (χ0v) is 15.3. The number of fused-ring (bicyclic) bond motifs is 5. The summed E-state index contributed by atoms with van der Waals surface area (Å²) in [7, 11) is 0. The molecule has 2 heterocycles. The van der Waals surface area contributed by atoms with Gasteiger partial charge in [-0.25, -0.2) is 14.2 Å². The Bertz CT molecular complexity index is 1340. The van der Waals surface area contributed by atoms with Crippen LogP contribution in [0.2, 0.25) is 0 Å². The fraction of sp³-hybridized carbons (Fsp3) is 0.0476. The second-order valence-electron chi connectivity index (χ2n) is 6.25. The number of para-hydroxylation sites is 2. The summed E-state index contributed by atoms with van der Waals surface area (Å²) in [5.41, 5.74) is 4.20. The Kier molecular flexibility index (Phi) is 3.43. The molecule has 126 valence electrons. The van der Waals surface area contributed by atoms with E-state index >= 15 is 0 Å². The van der Waals surface area contributed by atoms with Crippen molar-refractivity contribution in [1.82, 2.24) is 14.0 Å². The minimum absolute atomic E-state index is 0.0804. The first-order chi connectivity index (χ1) is 12.7. The molecule has 0 aliphatic heterocycles. The second-order valence-corrected chi connectivity index (χ2v) is 7.10. The zero-order valence-electron chi connectivity index (χ0n) is 13.8. The molecule has 0 saturated carbocycles. The average Bonchev–Trinajstić information content (AvgIpc) is 3.05. The first kappa shape index (κ1) is 15.3. The molecule has 5 aromatic rings. The first-order valence-electron chi connectivity index (χ1n) is 8.36. The van der Waals surface area contributed by atoms with E-state index in [1.54, 1.807) is 4.40 Å². The van der Waals surface area contributed by atoms with Crippen LogP contribution in [0.25, 0.3) is 27.6 Å². The topological polar surface area (TPSA) is 39.3 Å². The van der Waals surface area contributed by atoms with Crippen molar-refractivity contribution in [2.45, 2.75) is 6.54 Å². The lowest BCUT2D eigenvalue weighted by Crippen LogP contribution is -2.27. The lowest BCUT2D eigenvalue weighted by Gasteiger charge is -2.13. The van der Waals surface area contributed by atoms with E-state index in [1.165, 1.54) is 0 Å². The van der Waals surface area contributed by atoms with Crippen LogP contribution in [0.1, 0.15) is 5.56 Å². The van der Waals surface area contributed by atoms with Crippen molar-refractivity contribution in [3.8, 4) is 0 Å². The number of nitrogens with zero attached hydrogens (tertiary/aromatic N) is 3. The molecule has 0 spiro atoms. The third kappa shape index (κ3) is 2.21. The summed E-state index contributed by atoms with van der Waals surface area (Å²) in [6.45, 7) is 0.509. The molecule has 0 fully saturated rings. The molecule has 0 unspecified atom stereocenters.